The molecule has 2 aliphatic heterocycles. The Kier molecular flexibility index (Phi) is 9.56. The fourth-order valence-corrected chi connectivity index (χ4v) is 4.46. The maximum absolute atomic E-state index is 13.6. The number of ether oxygens (including phenoxy) is 2. The number of carbonyl (C=O) groups excluding carboxylic acids is 3. The second-order valence-electron chi connectivity index (χ2n) is 10.2. The number of likely N-dealkylation sites (N-methyl/N-ethyl adjacent to an activating group) is 1. The zero-order valence-electron chi connectivity index (χ0n) is 22.0. The Balaban J connectivity index is 1.95. The average molecular weight is 505 g/mol. The number of benzene rings is 1. The number of nitrogens with one attached hydrogen (secondary N) is 2. The van der Waals surface area contributed by atoms with Gasteiger partial charge < -0.3 is 35.0 Å². The van der Waals surface area contributed by atoms with Crippen molar-refractivity contribution < 1.29 is 29.0 Å². The standard InChI is InChI=1S/C26H40N4O6/c1-16(2)27-26(34)29(5)14-22-17(3)13-30(18(4)15-31)25(33)20-7-6-8-21(23(20)36-22)28-24(32)19-9-11-35-12-10-19/h6-8,16-19,22,31H,9-15H2,1-5H3,(H,27,34)(H,28,32)/t17-,18-,22-/m0/s1. The van der Waals surface area contributed by atoms with Crippen molar-refractivity contribution in [2.24, 2.45) is 11.8 Å². The molecule has 1 aromatic rings. The Morgan fingerprint density at radius 1 is 1.22 bits per heavy atom. The van der Waals surface area contributed by atoms with Crippen LogP contribution in [0, 0.1) is 11.8 Å². The number of anilines is 1. The van der Waals surface area contributed by atoms with Crippen molar-refractivity contribution in [1.82, 2.24) is 15.1 Å². The number of carbonyl (C=O) groups is 3. The fraction of sp³-hybridized carbons (Fsp3) is 0.654. The summed E-state index contributed by atoms with van der Waals surface area (Å²) in [6.07, 6.45) is 0.810. The Morgan fingerprint density at radius 2 is 1.92 bits per heavy atom. The summed E-state index contributed by atoms with van der Waals surface area (Å²) in [6.45, 7) is 9.05. The molecular formula is C26H40N4O6. The maximum atomic E-state index is 13.6. The summed E-state index contributed by atoms with van der Waals surface area (Å²) >= 11 is 0. The van der Waals surface area contributed by atoms with Gasteiger partial charge in [0.05, 0.1) is 30.4 Å². The van der Waals surface area contributed by atoms with Crippen LogP contribution in [-0.4, -0.2) is 90.9 Å². The highest BCUT2D eigenvalue weighted by atomic mass is 16.5. The first kappa shape index (κ1) is 27.7. The molecule has 4 amide bonds. The summed E-state index contributed by atoms with van der Waals surface area (Å²) in [4.78, 5) is 42.4. The quantitative estimate of drug-likeness (QED) is 0.524. The largest absolute Gasteiger partial charge is 0.485 e. The van der Waals surface area contributed by atoms with Crippen LogP contribution in [-0.2, 0) is 9.53 Å². The van der Waals surface area contributed by atoms with E-state index in [0.29, 0.717) is 43.9 Å². The minimum absolute atomic E-state index is 0.0122. The molecule has 1 saturated heterocycles. The number of aliphatic hydroxyl groups excluding tert-OH is 1. The van der Waals surface area contributed by atoms with E-state index in [2.05, 4.69) is 10.6 Å². The highest BCUT2D eigenvalue weighted by molar-refractivity contribution is 6.02. The second-order valence-corrected chi connectivity index (χ2v) is 10.2. The van der Waals surface area contributed by atoms with Crippen LogP contribution in [0.25, 0.3) is 0 Å². The number of urea groups is 1. The van der Waals surface area contributed by atoms with Crippen molar-refractivity contribution >= 4 is 23.5 Å². The van der Waals surface area contributed by atoms with Crippen LogP contribution in [0.1, 0.15) is 50.9 Å². The van der Waals surface area contributed by atoms with Gasteiger partial charge in [-0.25, -0.2) is 4.79 Å². The van der Waals surface area contributed by atoms with Crippen LogP contribution in [0.15, 0.2) is 18.2 Å². The summed E-state index contributed by atoms with van der Waals surface area (Å²) in [5.41, 5.74) is 0.730. The number of fused-ring (bicyclic) bond motifs is 1. The van der Waals surface area contributed by atoms with Gasteiger partial charge in [-0.15, -0.1) is 0 Å². The molecule has 3 rings (SSSR count). The highest BCUT2D eigenvalue weighted by Gasteiger charge is 2.35. The highest BCUT2D eigenvalue weighted by Crippen LogP contribution is 2.35. The molecule has 0 radical (unpaired) electrons. The van der Waals surface area contributed by atoms with E-state index in [1.165, 1.54) is 0 Å². The zero-order chi connectivity index (χ0) is 26.4. The number of amides is 4. The minimum Gasteiger partial charge on any atom is -0.485 e. The maximum Gasteiger partial charge on any atom is 0.317 e. The van der Waals surface area contributed by atoms with Gasteiger partial charge in [0.15, 0.2) is 5.75 Å². The van der Waals surface area contributed by atoms with Gasteiger partial charge in [-0.1, -0.05) is 13.0 Å². The van der Waals surface area contributed by atoms with Crippen LogP contribution < -0.4 is 15.4 Å². The number of nitrogens with zero attached hydrogens (tertiary/aromatic N) is 2. The van der Waals surface area contributed by atoms with Crippen LogP contribution in [0.3, 0.4) is 0 Å². The summed E-state index contributed by atoms with van der Waals surface area (Å²) in [6, 6.07) is 4.46. The first-order valence-electron chi connectivity index (χ1n) is 12.7. The van der Waals surface area contributed by atoms with Gasteiger partial charge in [0.25, 0.3) is 5.91 Å². The second kappa shape index (κ2) is 12.4. The fourth-order valence-electron chi connectivity index (χ4n) is 4.46. The number of hydrogen-bond donors (Lipinski definition) is 3. The molecule has 0 saturated carbocycles. The van der Waals surface area contributed by atoms with Crippen molar-refractivity contribution in [3.05, 3.63) is 23.8 Å². The molecule has 2 heterocycles. The van der Waals surface area contributed by atoms with Crippen molar-refractivity contribution in [2.45, 2.75) is 58.7 Å². The first-order chi connectivity index (χ1) is 17.1. The lowest BCUT2D eigenvalue weighted by Crippen LogP contribution is -2.51. The summed E-state index contributed by atoms with van der Waals surface area (Å²) in [5.74, 6) is -0.462. The Labute approximate surface area is 213 Å². The van der Waals surface area contributed by atoms with Crippen molar-refractivity contribution in [3.63, 3.8) is 0 Å². The average Bonchev–Trinajstić information content (AvgIpc) is 2.86. The molecule has 200 valence electrons. The first-order valence-corrected chi connectivity index (χ1v) is 12.7. The Hall–Kier alpha value is -2.85. The van der Waals surface area contributed by atoms with E-state index < -0.39 is 12.1 Å². The molecule has 0 bridgehead atoms. The van der Waals surface area contributed by atoms with Gasteiger partial charge in [-0.2, -0.15) is 0 Å². The molecule has 0 unspecified atom stereocenters. The molecule has 2 aliphatic rings. The van der Waals surface area contributed by atoms with Crippen molar-refractivity contribution in [1.29, 1.82) is 0 Å². The molecule has 10 heteroatoms. The molecule has 36 heavy (non-hydrogen) atoms. The van der Waals surface area contributed by atoms with Crippen LogP contribution in [0.4, 0.5) is 10.5 Å². The lowest BCUT2D eigenvalue weighted by Gasteiger charge is -2.38. The molecule has 3 N–H and O–H groups in total. The van der Waals surface area contributed by atoms with Crippen LogP contribution in [0.2, 0.25) is 0 Å². The summed E-state index contributed by atoms with van der Waals surface area (Å²) in [7, 11) is 1.70. The van der Waals surface area contributed by atoms with E-state index in [4.69, 9.17) is 9.47 Å². The van der Waals surface area contributed by atoms with E-state index >= 15 is 0 Å². The third-order valence-electron chi connectivity index (χ3n) is 6.75. The number of aliphatic hydroxyl groups is 1. The van der Waals surface area contributed by atoms with Gasteiger partial charge >= 0.3 is 6.03 Å². The lowest BCUT2D eigenvalue weighted by molar-refractivity contribution is -0.122. The molecular weight excluding hydrogens is 464 g/mol. The molecule has 0 aromatic heterocycles. The smallest absolute Gasteiger partial charge is 0.317 e. The molecule has 3 atom stereocenters. The molecule has 0 spiro atoms. The van der Waals surface area contributed by atoms with Gasteiger partial charge in [0.1, 0.15) is 6.10 Å². The normalized spacial score (nSPS) is 21.6. The van der Waals surface area contributed by atoms with E-state index in [9.17, 15) is 19.5 Å². The monoisotopic (exact) mass is 504 g/mol. The van der Waals surface area contributed by atoms with Gasteiger partial charge in [-0.3, -0.25) is 9.59 Å². The van der Waals surface area contributed by atoms with Crippen LogP contribution >= 0.6 is 0 Å². The van der Waals surface area contributed by atoms with Crippen LogP contribution in [0.5, 0.6) is 5.75 Å². The minimum atomic E-state index is -0.464. The van der Waals surface area contributed by atoms with Gasteiger partial charge in [-0.05, 0) is 45.7 Å². The van der Waals surface area contributed by atoms with E-state index in [0.717, 1.165) is 0 Å². The van der Waals surface area contributed by atoms with Crippen molar-refractivity contribution in [2.75, 3.05) is 45.3 Å². The Morgan fingerprint density at radius 3 is 2.56 bits per heavy atom. The predicted octanol–water partition coefficient (Wildman–Crippen LogP) is 2.32. The SMILES string of the molecule is CC(C)NC(=O)N(C)C[C@@H]1Oc2c(NC(=O)C3CCOCC3)cccc2C(=O)N([C@@H](C)CO)C[C@@H]1C. The predicted molar refractivity (Wildman–Crippen MR) is 136 cm³/mol. The number of hydrogen-bond acceptors (Lipinski definition) is 6. The third kappa shape index (κ3) is 6.67. The van der Waals surface area contributed by atoms with Gasteiger partial charge in [0.2, 0.25) is 5.91 Å². The van der Waals surface area contributed by atoms with E-state index in [1.54, 1.807) is 42.0 Å². The molecule has 0 aliphatic carbocycles. The van der Waals surface area contributed by atoms with E-state index in [1.807, 2.05) is 20.8 Å². The zero-order valence-corrected chi connectivity index (χ0v) is 22.0. The summed E-state index contributed by atoms with van der Waals surface area (Å²) in [5, 5.41) is 15.7. The number of para-hydroxylation sites is 1. The topological polar surface area (TPSA) is 120 Å². The molecule has 10 nitrogen and oxygen atoms in total. The van der Waals surface area contributed by atoms with E-state index in [-0.39, 0.29) is 54.6 Å². The number of rotatable bonds is 7. The molecule has 1 aromatic carbocycles. The third-order valence-corrected chi connectivity index (χ3v) is 6.75. The summed E-state index contributed by atoms with van der Waals surface area (Å²) < 4.78 is 11.8. The van der Waals surface area contributed by atoms with Crippen molar-refractivity contribution in [3.8, 4) is 5.75 Å². The molecule has 1 fully saturated rings. The lowest BCUT2D eigenvalue weighted by atomic mass is 9.98. The Bertz CT molecular complexity index is 933. The van der Waals surface area contributed by atoms with Gasteiger partial charge in [0, 0.05) is 44.7 Å².